The molecule has 0 radical (unpaired) electrons. The molecule has 4 rings (SSSR count). The van der Waals surface area contributed by atoms with Crippen molar-refractivity contribution in [1.82, 2.24) is 30.0 Å². The van der Waals surface area contributed by atoms with Crippen LogP contribution in [0.1, 0.15) is 42.0 Å². The van der Waals surface area contributed by atoms with Crippen LogP contribution < -0.4 is 4.72 Å². The normalized spacial score (nSPS) is 27.9. The number of hydrogen-bond donors (Lipinski definition) is 2. The van der Waals surface area contributed by atoms with Crippen LogP contribution in [0.4, 0.5) is 0 Å². The number of likely N-dealkylation sites (tertiary alicyclic amines) is 1. The van der Waals surface area contributed by atoms with E-state index >= 15 is 0 Å². The third kappa shape index (κ3) is 3.14. The minimum Gasteiger partial charge on any atom is -0.339 e. The van der Waals surface area contributed by atoms with Crippen molar-refractivity contribution in [3.8, 4) is 0 Å². The maximum Gasteiger partial charge on any atom is 0.271 e. The average molecular weight is 394 g/mol. The Morgan fingerprint density at radius 3 is 2.96 bits per heavy atom. The monoisotopic (exact) mass is 394 g/mol. The van der Waals surface area contributed by atoms with E-state index in [1.165, 1.54) is 6.20 Å². The number of amides is 1. The number of rotatable bonds is 5. The number of fused-ring (bicyclic) bond motifs is 1. The summed E-state index contributed by atoms with van der Waals surface area (Å²) in [6.07, 6.45) is 2.68. The molecule has 11 heteroatoms. The smallest absolute Gasteiger partial charge is 0.271 e. The molecule has 2 fully saturated rings. The third-order valence-corrected chi connectivity index (χ3v) is 7.03. The van der Waals surface area contributed by atoms with Gasteiger partial charge in [0.25, 0.3) is 5.91 Å². The van der Waals surface area contributed by atoms with Gasteiger partial charge in [0.2, 0.25) is 15.9 Å². The van der Waals surface area contributed by atoms with Crippen molar-refractivity contribution in [1.29, 1.82) is 0 Å². The molecule has 1 saturated heterocycles. The lowest BCUT2D eigenvalue weighted by molar-refractivity contribution is 0.0767. The number of carbonyl (C=O) groups is 1. The van der Waals surface area contributed by atoms with Gasteiger partial charge in [-0.25, -0.2) is 13.1 Å². The van der Waals surface area contributed by atoms with Gasteiger partial charge < -0.3 is 9.42 Å². The number of hydrogen-bond acceptors (Lipinski definition) is 7. The van der Waals surface area contributed by atoms with Crippen molar-refractivity contribution >= 4 is 15.9 Å². The molecule has 2 N–H and O–H groups in total. The lowest BCUT2D eigenvalue weighted by Gasteiger charge is -2.25. The first kappa shape index (κ1) is 18.1. The van der Waals surface area contributed by atoms with E-state index in [9.17, 15) is 13.2 Å². The predicted molar refractivity (Wildman–Crippen MR) is 94.3 cm³/mol. The lowest BCUT2D eigenvalue weighted by atomic mass is 9.80. The molecule has 1 saturated carbocycles. The fourth-order valence-corrected chi connectivity index (χ4v) is 5.18. The molecule has 10 nitrogen and oxygen atoms in total. The average Bonchev–Trinajstić information content (AvgIpc) is 3.36. The zero-order valence-corrected chi connectivity index (χ0v) is 16.0. The molecule has 1 aliphatic heterocycles. The van der Waals surface area contributed by atoms with E-state index in [1.54, 1.807) is 24.8 Å². The van der Waals surface area contributed by atoms with Crippen LogP contribution in [0.3, 0.4) is 0 Å². The number of H-pyrrole nitrogens is 1. The second kappa shape index (κ2) is 6.41. The van der Waals surface area contributed by atoms with Gasteiger partial charge in [-0.2, -0.15) is 10.1 Å². The highest BCUT2D eigenvalue weighted by molar-refractivity contribution is 7.89. The number of sulfonamides is 1. The second-order valence-electron chi connectivity index (χ2n) is 7.31. The van der Waals surface area contributed by atoms with Crippen LogP contribution in [0.5, 0.6) is 0 Å². The molecule has 3 atom stereocenters. The van der Waals surface area contributed by atoms with Crippen LogP contribution >= 0.6 is 0 Å². The first-order valence-electron chi connectivity index (χ1n) is 8.92. The third-order valence-electron chi connectivity index (χ3n) is 5.57. The maximum atomic E-state index is 12.8. The molecule has 0 aromatic carbocycles. The molecular formula is C16H22N6O4S. The minimum atomic E-state index is -3.31. The van der Waals surface area contributed by atoms with Crippen LogP contribution in [-0.2, 0) is 15.4 Å². The molecule has 1 aliphatic carbocycles. The summed E-state index contributed by atoms with van der Waals surface area (Å²) in [4.78, 5) is 18.9. The maximum absolute atomic E-state index is 12.8. The Morgan fingerprint density at radius 2 is 2.33 bits per heavy atom. The van der Waals surface area contributed by atoms with E-state index in [0.29, 0.717) is 43.3 Å². The zero-order valence-electron chi connectivity index (χ0n) is 15.2. The van der Waals surface area contributed by atoms with Gasteiger partial charge in [-0.3, -0.25) is 9.89 Å². The molecule has 146 valence electrons. The van der Waals surface area contributed by atoms with Gasteiger partial charge in [-0.15, -0.1) is 0 Å². The minimum absolute atomic E-state index is 0.0330. The summed E-state index contributed by atoms with van der Waals surface area (Å²) in [5.41, 5.74) is -0.118. The molecule has 3 heterocycles. The van der Waals surface area contributed by atoms with Gasteiger partial charge >= 0.3 is 0 Å². The van der Waals surface area contributed by atoms with Crippen LogP contribution in [0, 0.1) is 12.8 Å². The van der Waals surface area contributed by atoms with E-state index in [1.807, 2.05) is 0 Å². The molecule has 2 aromatic rings. The topological polar surface area (TPSA) is 134 Å². The summed E-state index contributed by atoms with van der Waals surface area (Å²) in [6.45, 7) is 4.26. The first-order valence-corrected chi connectivity index (χ1v) is 10.6. The SMILES string of the molecule is CCS(=O)(=O)N[C@@H]1CC2CN(C(=O)c3ccn[nH]3)C[C@@]2(c2nc(C)no2)C1. The summed E-state index contributed by atoms with van der Waals surface area (Å²) < 4.78 is 32.3. The Labute approximate surface area is 156 Å². The van der Waals surface area contributed by atoms with E-state index in [0.717, 1.165) is 0 Å². The highest BCUT2D eigenvalue weighted by atomic mass is 32.2. The summed E-state index contributed by atoms with van der Waals surface area (Å²) in [7, 11) is -3.31. The van der Waals surface area contributed by atoms with Gasteiger partial charge in [0, 0.05) is 25.3 Å². The highest BCUT2D eigenvalue weighted by Crippen LogP contribution is 2.50. The first-order chi connectivity index (χ1) is 12.8. The lowest BCUT2D eigenvalue weighted by Crippen LogP contribution is -2.40. The summed E-state index contributed by atoms with van der Waals surface area (Å²) in [6, 6.07) is 1.43. The van der Waals surface area contributed by atoms with Crippen LogP contribution in [0.2, 0.25) is 0 Å². The number of nitrogens with one attached hydrogen (secondary N) is 2. The van der Waals surface area contributed by atoms with Gasteiger partial charge in [0.1, 0.15) is 5.69 Å². The van der Waals surface area contributed by atoms with E-state index in [2.05, 4.69) is 25.1 Å². The van der Waals surface area contributed by atoms with E-state index < -0.39 is 15.4 Å². The Hall–Kier alpha value is -2.27. The van der Waals surface area contributed by atoms with Gasteiger partial charge in [0.15, 0.2) is 5.82 Å². The van der Waals surface area contributed by atoms with Crippen molar-refractivity contribution in [2.24, 2.45) is 5.92 Å². The Balaban J connectivity index is 1.62. The van der Waals surface area contributed by atoms with Gasteiger partial charge in [0.05, 0.1) is 11.2 Å². The van der Waals surface area contributed by atoms with Crippen molar-refractivity contribution in [3.63, 3.8) is 0 Å². The standard InChI is InChI=1S/C16H22N6O4S/c1-3-27(24,25)21-12-6-11-8-22(14(23)13-4-5-17-19-13)9-16(11,7-12)15-18-10(2)20-26-15/h4-5,11-12,21H,3,6-9H2,1-2H3,(H,17,19)/t11?,12-,16+/m1/s1. The predicted octanol–water partition coefficient (Wildman–Crippen LogP) is 0.213. The molecule has 2 aromatic heterocycles. The molecular weight excluding hydrogens is 372 g/mol. The Bertz CT molecular complexity index is 940. The summed E-state index contributed by atoms with van der Waals surface area (Å²) in [5, 5.41) is 10.4. The molecule has 0 bridgehead atoms. The Kier molecular flexibility index (Phi) is 4.30. The van der Waals surface area contributed by atoms with Crippen molar-refractivity contribution in [2.45, 2.75) is 38.1 Å². The van der Waals surface area contributed by atoms with Gasteiger partial charge in [-0.1, -0.05) is 5.16 Å². The molecule has 0 spiro atoms. The fraction of sp³-hybridized carbons (Fsp3) is 0.625. The molecule has 1 unspecified atom stereocenters. The summed E-state index contributed by atoms with van der Waals surface area (Å²) in [5.74, 6) is 0.930. The highest BCUT2D eigenvalue weighted by Gasteiger charge is 2.58. The number of aromatic amines is 1. The van der Waals surface area contributed by atoms with Crippen molar-refractivity contribution in [3.05, 3.63) is 29.7 Å². The van der Waals surface area contributed by atoms with Crippen molar-refractivity contribution in [2.75, 3.05) is 18.8 Å². The second-order valence-corrected chi connectivity index (χ2v) is 9.36. The summed E-state index contributed by atoms with van der Waals surface area (Å²) >= 11 is 0. The number of aromatic nitrogens is 4. The number of nitrogens with zero attached hydrogens (tertiary/aromatic N) is 4. The molecule has 2 aliphatic rings. The number of carbonyl (C=O) groups excluding carboxylic acids is 1. The molecule has 1 amide bonds. The quantitative estimate of drug-likeness (QED) is 0.740. The Morgan fingerprint density at radius 1 is 1.52 bits per heavy atom. The molecule has 27 heavy (non-hydrogen) atoms. The van der Waals surface area contributed by atoms with Crippen molar-refractivity contribution < 1.29 is 17.7 Å². The van der Waals surface area contributed by atoms with Crippen LogP contribution in [-0.4, -0.2) is 64.4 Å². The largest absolute Gasteiger partial charge is 0.339 e. The fourth-order valence-electron chi connectivity index (χ4n) is 4.33. The van der Waals surface area contributed by atoms with E-state index in [-0.39, 0.29) is 23.6 Å². The number of aryl methyl sites for hydroxylation is 1. The van der Waals surface area contributed by atoms with Crippen LogP contribution in [0.15, 0.2) is 16.8 Å². The van der Waals surface area contributed by atoms with Gasteiger partial charge in [-0.05, 0) is 38.7 Å². The van der Waals surface area contributed by atoms with Crippen LogP contribution in [0.25, 0.3) is 0 Å². The van der Waals surface area contributed by atoms with E-state index in [4.69, 9.17) is 4.52 Å². The zero-order chi connectivity index (χ0) is 19.2.